The average Bonchev–Trinajstić information content (AvgIpc) is 3.24. The Morgan fingerprint density at radius 3 is 1.52 bits per heavy atom. The lowest BCUT2D eigenvalue weighted by Gasteiger charge is -2.16. The molecule has 8 rings (SSSR count). The molecule has 1 heterocycles. The first kappa shape index (κ1) is 34.1. The van der Waals surface area contributed by atoms with Crippen LogP contribution in [0, 0.1) is 10.8 Å². The first-order valence-electron chi connectivity index (χ1n) is 17.5. The van der Waals surface area contributed by atoms with Crippen molar-refractivity contribution in [2.45, 2.75) is 0 Å². The van der Waals surface area contributed by atoms with Gasteiger partial charge in [-0.15, -0.1) is 0 Å². The molecule has 6 nitrogen and oxygen atoms in total. The molecule has 8 aromatic rings. The minimum Gasteiger partial charge on any atom is -0.399 e. The molecule has 0 fully saturated rings. The van der Waals surface area contributed by atoms with Gasteiger partial charge in [0.1, 0.15) is 10.1 Å². The monoisotopic (exact) mass is 714 g/mol. The van der Waals surface area contributed by atoms with E-state index in [1.165, 1.54) is 0 Å². The second-order valence-electron chi connectivity index (χ2n) is 12.7. The van der Waals surface area contributed by atoms with E-state index in [1.54, 1.807) is 0 Å². The number of aromatic nitrogens is 3. The zero-order chi connectivity index (χ0) is 36.9. The van der Waals surface area contributed by atoms with E-state index in [0.717, 1.165) is 78.6 Å². The van der Waals surface area contributed by atoms with E-state index >= 15 is 0 Å². The van der Waals surface area contributed by atoms with Crippen LogP contribution in [-0.2, 0) is 0 Å². The van der Waals surface area contributed by atoms with Gasteiger partial charge in [0.25, 0.3) is 0 Å². The third kappa shape index (κ3) is 7.35. The predicted octanol–water partition coefficient (Wildman–Crippen LogP) is 11.5. The standard InChI is InChI=1S/C47H34N6S/c48-38-20-12-17-35(30-38)31-25-27-34(28-26-31)46-51-45(33-15-5-2-6-16-33)52-47(53-46)42-24-10-9-23-41(42)40-22-8-7-21-39(40)36-18-11-19-37(29-36)44(50)54-43(49)32-13-3-1-4-14-32/h1-30,49-50H,48H2. The maximum absolute atomic E-state index is 8.87. The minimum atomic E-state index is 0.315. The van der Waals surface area contributed by atoms with Crippen molar-refractivity contribution in [3.8, 4) is 67.5 Å². The van der Waals surface area contributed by atoms with Crippen LogP contribution in [0.4, 0.5) is 5.69 Å². The lowest BCUT2D eigenvalue weighted by atomic mass is 9.91. The van der Waals surface area contributed by atoms with Crippen LogP contribution in [-0.4, -0.2) is 25.0 Å². The van der Waals surface area contributed by atoms with Gasteiger partial charge in [0.15, 0.2) is 17.5 Å². The summed E-state index contributed by atoms with van der Waals surface area (Å²) in [6.45, 7) is 0. The zero-order valence-corrected chi connectivity index (χ0v) is 30.0. The van der Waals surface area contributed by atoms with Gasteiger partial charge in [-0.2, -0.15) is 0 Å². The Bertz CT molecular complexity index is 2620. The molecule has 0 amide bonds. The maximum atomic E-state index is 8.87. The fourth-order valence-electron chi connectivity index (χ4n) is 6.39. The summed E-state index contributed by atoms with van der Waals surface area (Å²) in [5.41, 5.74) is 17.0. The number of hydrogen-bond acceptors (Lipinski definition) is 7. The molecule has 0 aliphatic rings. The Morgan fingerprint density at radius 2 is 0.833 bits per heavy atom. The van der Waals surface area contributed by atoms with E-state index in [9.17, 15) is 0 Å². The van der Waals surface area contributed by atoms with Crippen LogP contribution < -0.4 is 5.73 Å². The molecule has 0 spiro atoms. The summed E-state index contributed by atoms with van der Waals surface area (Å²) >= 11 is 1.15. The predicted molar refractivity (Wildman–Crippen MR) is 225 cm³/mol. The molecule has 0 saturated carbocycles. The lowest BCUT2D eigenvalue weighted by molar-refractivity contribution is 1.07. The molecule has 0 aliphatic carbocycles. The molecule has 0 saturated heterocycles. The van der Waals surface area contributed by atoms with Crippen molar-refractivity contribution in [1.82, 2.24) is 15.0 Å². The van der Waals surface area contributed by atoms with E-state index in [4.69, 9.17) is 31.5 Å². The zero-order valence-electron chi connectivity index (χ0n) is 29.1. The Kier molecular flexibility index (Phi) is 9.70. The van der Waals surface area contributed by atoms with E-state index in [-0.39, 0.29) is 0 Å². The SMILES string of the molecule is N=C(SC(=N)c1cccc(-c2ccccc2-c2ccccc2-c2nc(-c3ccccc3)nc(-c3ccc(-c4cccc(N)c4)cc3)n2)c1)c1ccccc1. The van der Waals surface area contributed by atoms with Crippen molar-refractivity contribution < 1.29 is 0 Å². The highest BCUT2D eigenvalue weighted by atomic mass is 32.2. The van der Waals surface area contributed by atoms with Gasteiger partial charge < -0.3 is 5.73 Å². The van der Waals surface area contributed by atoms with Crippen molar-refractivity contribution in [1.29, 1.82) is 10.8 Å². The summed E-state index contributed by atoms with van der Waals surface area (Å²) in [6, 6.07) is 60.0. The number of nitrogens with two attached hydrogens (primary N) is 1. The minimum absolute atomic E-state index is 0.315. The smallest absolute Gasteiger partial charge is 0.164 e. The van der Waals surface area contributed by atoms with E-state index < -0.39 is 0 Å². The molecule has 258 valence electrons. The van der Waals surface area contributed by atoms with Gasteiger partial charge in [-0.05, 0) is 51.6 Å². The number of anilines is 1. The first-order valence-corrected chi connectivity index (χ1v) is 18.3. The van der Waals surface area contributed by atoms with Crippen LogP contribution in [0.15, 0.2) is 182 Å². The van der Waals surface area contributed by atoms with E-state index in [0.29, 0.717) is 27.6 Å². The third-order valence-electron chi connectivity index (χ3n) is 9.09. The number of thioether (sulfide) groups is 1. The van der Waals surface area contributed by atoms with Gasteiger partial charge in [-0.3, -0.25) is 10.8 Å². The number of nitrogens with one attached hydrogen (secondary N) is 2. The van der Waals surface area contributed by atoms with Crippen molar-refractivity contribution >= 4 is 27.5 Å². The van der Waals surface area contributed by atoms with Crippen molar-refractivity contribution in [2.24, 2.45) is 0 Å². The Balaban J connectivity index is 1.19. The van der Waals surface area contributed by atoms with Crippen molar-refractivity contribution in [3.05, 3.63) is 193 Å². The molecule has 0 bridgehead atoms. The van der Waals surface area contributed by atoms with E-state index in [2.05, 4.69) is 42.5 Å². The molecular weight excluding hydrogens is 681 g/mol. The quantitative estimate of drug-likeness (QED) is 0.0824. The summed E-state index contributed by atoms with van der Waals surface area (Å²) in [4.78, 5) is 15.1. The molecule has 0 unspecified atom stereocenters. The Labute approximate surface area is 318 Å². The number of rotatable bonds is 8. The van der Waals surface area contributed by atoms with Crippen LogP contribution >= 0.6 is 11.8 Å². The Hall–Kier alpha value is -6.96. The maximum Gasteiger partial charge on any atom is 0.164 e. The Morgan fingerprint density at radius 1 is 0.370 bits per heavy atom. The number of hydrogen-bond donors (Lipinski definition) is 3. The van der Waals surface area contributed by atoms with Gasteiger partial charge in [-0.25, -0.2) is 15.0 Å². The number of nitrogen functional groups attached to an aromatic ring is 1. The fraction of sp³-hybridized carbons (Fsp3) is 0. The number of nitrogens with zero attached hydrogens (tertiary/aromatic N) is 3. The fourth-order valence-corrected chi connectivity index (χ4v) is 7.09. The highest BCUT2D eigenvalue weighted by Crippen LogP contribution is 2.38. The van der Waals surface area contributed by atoms with Crippen LogP contribution in [0.1, 0.15) is 11.1 Å². The van der Waals surface area contributed by atoms with Crippen molar-refractivity contribution in [2.75, 3.05) is 5.73 Å². The summed E-state index contributed by atoms with van der Waals surface area (Å²) in [6.07, 6.45) is 0. The van der Waals surface area contributed by atoms with Crippen LogP contribution in [0.3, 0.4) is 0 Å². The highest BCUT2D eigenvalue weighted by molar-refractivity contribution is 8.27. The van der Waals surface area contributed by atoms with Crippen molar-refractivity contribution in [3.63, 3.8) is 0 Å². The summed E-state index contributed by atoms with van der Waals surface area (Å²) in [5, 5.41) is 18.1. The average molecular weight is 715 g/mol. The summed E-state index contributed by atoms with van der Waals surface area (Å²) < 4.78 is 0. The molecule has 1 aromatic heterocycles. The van der Waals surface area contributed by atoms with Crippen LogP contribution in [0.25, 0.3) is 67.5 Å². The highest BCUT2D eigenvalue weighted by Gasteiger charge is 2.18. The molecule has 54 heavy (non-hydrogen) atoms. The molecule has 0 radical (unpaired) electrons. The number of benzene rings is 7. The van der Waals surface area contributed by atoms with Gasteiger partial charge in [0, 0.05) is 33.5 Å². The molecule has 7 aromatic carbocycles. The van der Waals surface area contributed by atoms with Crippen LogP contribution in [0.2, 0.25) is 0 Å². The molecule has 4 N–H and O–H groups in total. The molecular formula is C47H34N6S. The van der Waals surface area contributed by atoms with Gasteiger partial charge in [0.2, 0.25) is 0 Å². The lowest BCUT2D eigenvalue weighted by Crippen LogP contribution is -2.02. The molecule has 0 aliphatic heterocycles. The second-order valence-corrected chi connectivity index (χ2v) is 13.7. The van der Waals surface area contributed by atoms with Gasteiger partial charge >= 0.3 is 0 Å². The first-order chi connectivity index (χ1) is 26.5. The largest absolute Gasteiger partial charge is 0.399 e. The van der Waals surface area contributed by atoms with E-state index in [1.807, 2.05) is 140 Å². The summed E-state index contributed by atoms with van der Waals surface area (Å²) in [5.74, 6) is 1.73. The van der Waals surface area contributed by atoms with Gasteiger partial charge in [-0.1, -0.05) is 176 Å². The third-order valence-corrected chi connectivity index (χ3v) is 9.97. The normalized spacial score (nSPS) is 10.9. The van der Waals surface area contributed by atoms with Gasteiger partial charge in [0.05, 0.1) is 0 Å². The topological polar surface area (TPSA) is 112 Å². The molecule has 7 heteroatoms. The van der Waals surface area contributed by atoms with Crippen LogP contribution in [0.5, 0.6) is 0 Å². The second kappa shape index (κ2) is 15.3. The summed E-state index contributed by atoms with van der Waals surface area (Å²) in [7, 11) is 0. The molecule has 0 atom stereocenters.